The summed E-state index contributed by atoms with van der Waals surface area (Å²) in [5.74, 6) is -1.14. The maximum Gasteiger partial charge on any atom is 0.387 e. The first kappa shape index (κ1) is 19.8. The zero-order chi connectivity index (χ0) is 20.1. The molecule has 144 valence electrons. The molecule has 0 fully saturated rings. The standard InChI is InChI=1S/C20H16F2N2O3S/c1-12-10-18(23-16-5-3-2-4-15(12)16)28-11-17(25)24-19(26)13-6-8-14(9-7-13)27-20(21)22/h2-10,20H,11H2,1H3,(H,24,25,26). The molecular formula is C20H16F2N2O3S. The van der Waals surface area contributed by atoms with Gasteiger partial charge in [0.2, 0.25) is 5.91 Å². The topological polar surface area (TPSA) is 68.3 Å². The normalized spacial score (nSPS) is 10.9. The number of pyridine rings is 1. The number of imide groups is 1. The summed E-state index contributed by atoms with van der Waals surface area (Å²) in [6, 6.07) is 14.7. The van der Waals surface area contributed by atoms with E-state index in [9.17, 15) is 18.4 Å². The van der Waals surface area contributed by atoms with E-state index in [1.807, 2.05) is 37.3 Å². The molecule has 0 aliphatic carbocycles. The largest absolute Gasteiger partial charge is 0.435 e. The maximum atomic E-state index is 12.1. The molecule has 3 aromatic rings. The molecule has 0 bridgehead atoms. The molecule has 2 amide bonds. The molecule has 5 nitrogen and oxygen atoms in total. The van der Waals surface area contributed by atoms with Crippen LogP contribution in [-0.4, -0.2) is 29.2 Å². The summed E-state index contributed by atoms with van der Waals surface area (Å²) in [5.41, 5.74) is 2.06. The van der Waals surface area contributed by atoms with E-state index in [2.05, 4.69) is 15.0 Å². The fourth-order valence-corrected chi connectivity index (χ4v) is 3.33. The Morgan fingerprint density at radius 3 is 2.57 bits per heavy atom. The van der Waals surface area contributed by atoms with E-state index in [1.54, 1.807) is 0 Å². The first-order valence-electron chi connectivity index (χ1n) is 8.30. The number of amides is 2. The number of fused-ring (bicyclic) bond motifs is 1. The first-order valence-corrected chi connectivity index (χ1v) is 9.29. The predicted molar refractivity (Wildman–Crippen MR) is 103 cm³/mol. The minimum Gasteiger partial charge on any atom is -0.435 e. The fourth-order valence-electron chi connectivity index (χ4n) is 2.55. The van der Waals surface area contributed by atoms with Crippen LogP contribution in [0.25, 0.3) is 10.9 Å². The van der Waals surface area contributed by atoms with Crippen LogP contribution in [0.2, 0.25) is 0 Å². The molecule has 0 radical (unpaired) electrons. The summed E-state index contributed by atoms with van der Waals surface area (Å²) in [5, 5.41) is 4.00. The van der Waals surface area contributed by atoms with E-state index in [4.69, 9.17) is 0 Å². The number of halogens is 2. The van der Waals surface area contributed by atoms with Crippen LogP contribution in [0.1, 0.15) is 15.9 Å². The number of hydrogen-bond acceptors (Lipinski definition) is 5. The summed E-state index contributed by atoms with van der Waals surface area (Å²) in [7, 11) is 0. The first-order chi connectivity index (χ1) is 13.4. The van der Waals surface area contributed by atoms with Crippen molar-refractivity contribution >= 4 is 34.5 Å². The van der Waals surface area contributed by atoms with Crippen LogP contribution in [0.15, 0.2) is 59.6 Å². The number of hydrogen-bond donors (Lipinski definition) is 1. The second kappa shape index (κ2) is 8.79. The molecular weight excluding hydrogens is 386 g/mol. The molecule has 8 heteroatoms. The highest BCUT2D eigenvalue weighted by Gasteiger charge is 2.13. The molecule has 0 spiro atoms. The summed E-state index contributed by atoms with van der Waals surface area (Å²) in [4.78, 5) is 28.6. The average molecular weight is 402 g/mol. The Kier molecular flexibility index (Phi) is 6.20. The van der Waals surface area contributed by atoms with Crippen molar-refractivity contribution < 1.29 is 23.1 Å². The average Bonchev–Trinajstić information content (AvgIpc) is 2.66. The van der Waals surface area contributed by atoms with Gasteiger partial charge in [-0.05, 0) is 48.9 Å². The smallest absolute Gasteiger partial charge is 0.387 e. The molecule has 0 atom stereocenters. The molecule has 0 saturated heterocycles. The molecule has 3 rings (SSSR count). The summed E-state index contributed by atoms with van der Waals surface area (Å²) in [6.07, 6.45) is 0. The van der Waals surface area contributed by atoms with Gasteiger partial charge in [0.1, 0.15) is 5.75 Å². The van der Waals surface area contributed by atoms with Crippen molar-refractivity contribution in [1.29, 1.82) is 0 Å². The number of nitrogens with zero attached hydrogens (tertiary/aromatic N) is 1. The van der Waals surface area contributed by atoms with Crippen LogP contribution in [-0.2, 0) is 4.79 Å². The Morgan fingerprint density at radius 1 is 1.14 bits per heavy atom. The Balaban J connectivity index is 1.57. The molecule has 2 aromatic carbocycles. The SMILES string of the molecule is Cc1cc(SCC(=O)NC(=O)c2ccc(OC(F)F)cc2)nc2ccccc12. The zero-order valence-corrected chi connectivity index (χ0v) is 15.6. The number of carbonyl (C=O) groups is 2. The van der Waals surface area contributed by atoms with Crippen molar-refractivity contribution in [1.82, 2.24) is 10.3 Å². The van der Waals surface area contributed by atoms with Gasteiger partial charge in [0, 0.05) is 10.9 Å². The van der Waals surface area contributed by atoms with Crippen LogP contribution in [0.3, 0.4) is 0 Å². The summed E-state index contributed by atoms with van der Waals surface area (Å²) >= 11 is 1.23. The number of carbonyl (C=O) groups excluding carboxylic acids is 2. The van der Waals surface area contributed by atoms with E-state index in [0.29, 0.717) is 5.03 Å². The van der Waals surface area contributed by atoms with Crippen LogP contribution < -0.4 is 10.1 Å². The number of ether oxygens (including phenoxy) is 1. The van der Waals surface area contributed by atoms with E-state index in [1.165, 1.54) is 36.0 Å². The third-order valence-corrected chi connectivity index (χ3v) is 4.76. The Morgan fingerprint density at radius 2 is 1.86 bits per heavy atom. The highest BCUT2D eigenvalue weighted by Crippen LogP contribution is 2.23. The van der Waals surface area contributed by atoms with Gasteiger partial charge in [0.05, 0.1) is 16.3 Å². The van der Waals surface area contributed by atoms with Crippen LogP contribution in [0.4, 0.5) is 8.78 Å². The van der Waals surface area contributed by atoms with Crippen LogP contribution in [0.5, 0.6) is 5.75 Å². The monoisotopic (exact) mass is 402 g/mol. The molecule has 1 heterocycles. The quantitative estimate of drug-likeness (QED) is 0.626. The second-order valence-electron chi connectivity index (χ2n) is 5.86. The van der Waals surface area contributed by atoms with Crippen molar-refractivity contribution in [2.45, 2.75) is 18.6 Å². The summed E-state index contributed by atoms with van der Waals surface area (Å²) in [6.45, 7) is -0.968. The predicted octanol–water partition coefficient (Wildman–Crippen LogP) is 4.19. The van der Waals surface area contributed by atoms with E-state index >= 15 is 0 Å². The van der Waals surface area contributed by atoms with Crippen molar-refractivity contribution in [2.24, 2.45) is 0 Å². The van der Waals surface area contributed by atoms with Gasteiger partial charge in [-0.15, -0.1) is 0 Å². The lowest BCUT2D eigenvalue weighted by Gasteiger charge is -2.07. The van der Waals surface area contributed by atoms with Gasteiger partial charge < -0.3 is 4.74 Å². The number of para-hydroxylation sites is 1. The molecule has 1 N–H and O–H groups in total. The number of rotatable bonds is 6. The van der Waals surface area contributed by atoms with E-state index in [-0.39, 0.29) is 17.1 Å². The third kappa shape index (κ3) is 5.04. The molecule has 0 saturated carbocycles. The van der Waals surface area contributed by atoms with Crippen molar-refractivity contribution in [3.05, 3.63) is 65.7 Å². The Labute approximate surface area is 164 Å². The van der Waals surface area contributed by atoms with Gasteiger partial charge >= 0.3 is 6.61 Å². The lowest BCUT2D eigenvalue weighted by Crippen LogP contribution is -2.31. The molecule has 1 aromatic heterocycles. The number of aromatic nitrogens is 1. The third-order valence-electron chi connectivity index (χ3n) is 3.85. The van der Waals surface area contributed by atoms with Crippen molar-refractivity contribution in [3.63, 3.8) is 0 Å². The summed E-state index contributed by atoms with van der Waals surface area (Å²) < 4.78 is 28.5. The Hall–Kier alpha value is -3.00. The highest BCUT2D eigenvalue weighted by molar-refractivity contribution is 7.99. The van der Waals surface area contributed by atoms with Crippen LogP contribution in [0, 0.1) is 6.92 Å². The number of aryl methyl sites for hydroxylation is 1. The second-order valence-corrected chi connectivity index (χ2v) is 6.86. The lowest BCUT2D eigenvalue weighted by molar-refractivity contribution is -0.117. The lowest BCUT2D eigenvalue weighted by atomic mass is 10.1. The minimum atomic E-state index is -2.94. The Bertz CT molecular complexity index is 1010. The van der Waals surface area contributed by atoms with Crippen molar-refractivity contribution in [2.75, 3.05) is 5.75 Å². The highest BCUT2D eigenvalue weighted by atomic mass is 32.2. The minimum absolute atomic E-state index is 0.0170. The van der Waals surface area contributed by atoms with Gasteiger partial charge in [-0.2, -0.15) is 8.78 Å². The van der Waals surface area contributed by atoms with Gasteiger partial charge in [0.15, 0.2) is 0 Å². The molecule has 28 heavy (non-hydrogen) atoms. The zero-order valence-electron chi connectivity index (χ0n) is 14.8. The molecule has 0 aliphatic heterocycles. The van der Waals surface area contributed by atoms with Gasteiger partial charge in [-0.3, -0.25) is 14.9 Å². The number of nitrogens with one attached hydrogen (secondary N) is 1. The fraction of sp³-hybridized carbons (Fsp3) is 0.150. The van der Waals surface area contributed by atoms with E-state index < -0.39 is 18.4 Å². The van der Waals surface area contributed by atoms with Crippen LogP contribution >= 0.6 is 11.8 Å². The van der Waals surface area contributed by atoms with Gasteiger partial charge in [-0.25, -0.2) is 4.98 Å². The number of alkyl halides is 2. The maximum absolute atomic E-state index is 12.1. The molecule has 0 unspecified atom stereocenters. The van der Waals surface area contributed by atoms with Crippen molar-refractivity contribution in [3.8, 4) is 5.75 Å². The van der Waals surface area contributed by atoms with E-state index in [0.717, 1.165) is 16.5 Å². The van der Waals surface area contributed by atoms with Gasteiger partial charge in [0.25, 0.3) is 5.91 Å². The van der Waals surface area contributed by atoms with Gasteiger partial charge in [-0.1, -0.05) is 30.0 Å². The number of thioether (sulfide) groups is 1. The molecule has 0 aliphatic rings. The number of benzene rings is 2.